The Morgan fingerprint density at radius 3 is 2.85 bits per heavy atom. The average molecular weight is 216 g/mol. The van der Waals surface area contributed by atoms with Crippen LogP contribution >= 0.6 is 22.9 Å². The molecule has 0 aromatic carbocycles. The number of rotatable bonds is 4. The topological polar surface area (TPSA) is 12.0 Å². The molecule has 1 N–H and O–H groups in total. The highest BCUT2D eigenvalue weighted by atomic mass is 35.5. The van der Waals surface area contributed by atoms with Crippen LogP contribution in [-0.4, -0.2) is 6.54 Å². The van der Waals surface area contributed by atoms with Crippen molar-refractivity contribution in [1.29, 1.82) is 0 Å². The summed E-state index contributed by atoms with van der Waals surface area (Å²) in [5.41, 5.74) is 1.10. The molecule has 0 radical (unpaired) electrons. The van der Waals surface area contributed by atoms with Crippen molar-refractivity contribution in [3.8, 4) is 0 Å². The van der Waals surface area contributed by atoms with Crippen molar-refractivity contribution >= 4 is 22.9 Å². The molecular formula is C10H14ClNS. The van der Waals surface area contributed by atoms with Crippen molar-refractivity contribution in [2.24, 2.45) is 0 Å². The Labute approximate surface area is 88.4 Å². The molecule has 1 heterocycles. The standard InChI is InChI=1S/C10H14ClNS/c1-4-12-9(7(2)3)10-8(11)5-6-13-10/h5-6,9,12H,2,4H2,1,3H3. The maximum absolute atomic E-state index is 6.04. The first kappa shape index (κ1) is 10.8. The Bertz CT molecular complexity index is 293. The van der Waals surface area contributed by atoms with E-state index in [2.05, 4.69) is 18.8 Å². The lowest BCUT2D eigenvalue weighted by Crippen LogP contribution is -2.20. The summed E-state index contributed by atoms with van der Waals surface area (Å²) in [5, 5.41) is 6.19. The Morgan fingerprint density at radius 2 is 2.46 bits per heavy atom. The van der Waals surface area contributed by atoms with Crippen molar-refractivity contribution in [2.45, 2.75) is 19.9 Å². The van der Waals surface area contributed by atoms with Gasteiger partial charge in [-0.2, -0.15) is 0 Å². The Balaban J connectivity index is 2.88. The van der Waals surface area contributed by atoms with Crippen LogP contribution in [0.4, 0.5) is 0 Å². The van der Waals surface area contributed by atoms with Gasteiger partial charge in [-0.3, -0.25) is 0 Å². The largest absolute Gasteiger partial charge is 0.306 e. The summed E-state index contributed by atoms with van der Waals surface area (Å²) in [6.45, 7) is 8.98. The minimum absolute atomic E-state index is 0.206. The lowest BCUT2D eigenvalue weighted by Gasteiger charge is -2.16. The first-order valence-corrected chi connectivity index (χ1v) is 5.54. The van der Waals surface area contributed by atoms with Crippen LogP contribution in [0.2, 0.25) is 5.02 Å². The summed E-state index contributed by atoms with van der Waals surface area (Å²) in [4.78, 5) is 1.16. The van der Waals surface area contributed by atoms with Gasteiger partial charge in [-0.1, -0.05) is 30.7 Å². The van der Waals surface area contributed by atoms with Crippen LogP contribution in [0.1, 0.15) is 24.8 Å². The van der Waals surface area contributed by atoms with Gasteiger partial charge in [0.2, 0.25) is 0 Å². The number of hydrogen-bond donors (Lipinski definition) is 1. The van der Waals surface area contributed by atoms with E-state index in [0.717, 1.165) is 22.0 Å². The number of likely N-dealkylation sites (N-methyl/N-ethyl adjacent to an activating group) is 1. The van der Waals surface area contributed by atoms with Crippen molar-refractivity contribution in [1.82, 2.24) is 5.32 Å². The monoisotopic (exact) mass is 215 g/mol. The fourth-order valence-electron chi connectivity index (χ4n) is 1.21. The first-order chi connectivity index (χ1) is 6.16. The fourth-order valence-corrected chi connectivity index (χ4v) is 2.54. The molecule has 0 fully saturated rings. The molecule has 0 saturated heterocycles. The minimum atomic E-state index is 0.206. The molecule has 1 atom stereocenters. The first-order valence-electron chi connectivity index (χ1n) is 4.28. The molecule has 72 valence electrons. The number of nitrogens with one attached hydrogen (secondary N) is 1. The quantitative estimate of drug-likeness (QED) is 0.757. The van der Waals surface area contributed by atoms with Crippen molar-refractivity contribution in [3.63, 3.8) is 0 Å². The Morgan fingerprint density at radius 1 is 1.77 bits per heavy atom. The lowest BCUT2D eigenvalue weighted by molar-refractivity contribution is 0.630. The lowest BCUT2D eigenvalue weighted by atomic mass is 10.1. The summed E-state index contributed by atoms with van der Waals surface area (Å²) in [6.07, 6.45) is 0. The van der Waals surface area contributed by atoms with E-state index < -0.39 is 0 Å². The normalized spacial score (nSPS) is 12.8. The molecule has 0 aliphatic heterocycles. The zero-order valence-corrected chi connectivity index (χ0v) is 9.50. The maximum Gasteiger partial charge on any atom is 0.0640 e. The third kappa shape index (κ3) is 2.56. The summed E-state index contributed by atoms with van der Waals surface area (Å²) in [5.74, 6) is 0. The van der Waals surface area contributed by atoms with Gasteiger partial charge in [-0.25, -0.2) is 0 Å². The summed E-state index contributed by atoms with van der Waals surface area (Å²) in [7, 11) is 0. The molecule has 0 amide bonds. The van der Waals surface area contributed by atoms with Gasteiger partial charge in [-0.05, 0) is 24.9 Å². The third-order valence-electron chi connectivity index (χ3n) is 1.81. The van der Waals surface area contributed by atoms with E-state index in [4.69, 9.17) is 11.6 Å². The second-order valence-corrected chi connectivity index (χ2v) is 4.32. The van der Waals surface area contributed by atoms with Gasteiger partial charge in [0.25, 0.3) is 0 Å². The molecule has 0 spiro atoms. The highest BCUT2D eigenvalue weighted by Crippen LogP contribution is 2.31. The minimum Gasteiger partial charge on any atom is -0.306 e. The van der Waals surface area contributed by atoms with E-state index in [1.807, 2.05) is 18.4 Å². The summed E-state index contributed by atoms with van der Waals surface area (Å²) >= 11 is 7.71. The summed E-state index contributed by atoms with van der Waals surface area (Å²) in [6, 6.07) is 2.13. The van der Waals surface area contributed by atoms with Gasteiger partial charge in [0.05, 0.1) is 11.1 Å². The van der Waals surface area contributed by atoms with E-state index in [-0.39, 0.29) is 6.04 Å². The Kier molecular flexibility index (Phi) is 3.97. The van der Waals surface area contributed by atoms with E-state index in [1.54, 1.807) is 11.3 Å². The van der Waals surface area contributed by atoms with Crippen molar-refractivity contribution < 1.29 is 0 Å². The van der Waals surface area contributed by atoms with Crippen LogP contribution in [-0.2, 0) is 0 Å². The second kappa shape index (κ2) is 4.80. The van der Waals surface area contributed by atoms with Gasteiger partial charge in [0.1, 0.15) is 0 Å². The van der Waals surface area contributed by atoms with Crippen LogP contribution in [0.3, 0.4) is 0 Å². The van der Waals surface area contributed by atoms with Crippen molar-refractivity contribution in [3.05, 3.63) is 33.5 Å². The van der Waals surface area contributed by atoms with Gasteiger partial charge in [0.15, 0.2) is 0 Å². The molecule has 1 aromatic rings. The predicted octanol–water partition coefficient (Wildman–Crippen LogP) is 3.63. The van der Waals surface area contributed by atoms with Gasteiger partial charge >= 0.3 is 0 Å². The number of hydrogen-bond acceptors (Lipinski definition) is 2. The van der Waals surface area contributed by atoms with Gasteiger partial charge in [0, 0.05) is 4.88 Å². The van der Waals surface area contributed by atoms with Gasteiger partial charge < -0.3 is 5.32 Å². The highest BCUT2D eigenvalue weighted by molar-refractivity contribution is 7.10. The molecule has 0 saturated carbocycles. The molecule has 0 bridgehead atoms. The fraction of sp³-hybridized carbons (Fsp3) is 0.400. The summed E-state index contributed by atoms with van der Waals surface area (Å²) < 4.78 is 0. The van der Waals surface area contributed by atoms with Crippen LogP contribution in [0.25, 0.3) is 0 Å². The molecule has 1 nitrogen and oxygen atoms in total. The smallest absolute Gasteiger partial charge is 0.0640 e. The molecule has 1 unspecified atom stereocenters. The second-order valence-electron chi connectivity index (χ2n) is 2.97. The molecule has 1 aromatic heterocycles. The molecule has 13 heavy (non-hydrogen) atoms. The van der Waals surface area contributed by atoms with E-state index in [0.29, 0.717) is 0 Å². The average Bonchev–Trinajstić information content (AvgIpc) is 2.47. The molecular weight excluding hydrogens is 202 g/mol. The number of thiophene rings is 1. The van der Waals surface area contributed by atoms with Crippen LogP contribution in [0.5, 0.6) is 0 Å². The molecule has 3 heteroatoms. The van der Waals surface area contributed by atoms with Crippen LogP contribution < -0.4 is 5.32 Å². The predicted molar refractivity (Wildman–Crippen MR) is 60.6 cm³/mol. The van der Waals surface area contributed by atoms with Crippen LogP contribution in [0.15, 0.2) is 23.6 Å². The molecule has 0 aliphatic rings. The zero-order chi connectivity index (χ0) is 9.84. The number of halogens is 1. The van der Waals surface area contributed by atoms with E-state index in [1.165, 1.54) is 0 Å². The highest BCUT2D eigenvalue weighted by Gasteiger charge is 2.15. The zero-order valence-electron chi connectivity index (χ0n) is 7.93. The molecule has 1 rings (SSSR count). The third-order valence-corrected chi connectivity index (χ3v) is 3.23. The van der Waals surface area contributed by atoms with Gasteiger partial charge in [-0.15, -0.1) is 11.3 Å². The van der Waals surface area contributed by atoms with Crippen molar-refractivity contribution in [2.75, 3.05) is 6.54 Å². The SMILES string of the molecule is C=C(C)C(NCC)c1sccc1Cl. The molecule has 0 aliphatic carbocycles. The van der Waals surface area contributed by atoms with E-state index >= 15 is 0 Å². The van der Waals surface area contributed by atoms with E-state index in [9.17, 15) is 0 Å². The maximum atomic E-state index is 6.04. The van der Waals surface area contributed by atoms with Crippen LogP contribution in [0, 0.1) is 0 Å². The Hall–Kier alpha value is -0.310.